The lowest BCUT2D eigenvalue weighted by Crippen LogP contribution is -2.00. The number of halogens is 1. The van der Waals surface area contributed by atoms with Crippen molar-refractivity contribution in [2.45, 2.75) is 20.3 Å². The fourth-order valence-electron chi connectivity index (χ4n) is 2.20. The van der Waals surface area contributed by atoms with Crippen molar-refractivity contribution in [3.8, 4) is 17.0 Å². The van der Waals surface area contributed by atoms with E-state index in [9.17, 15) is 9.18 Å². The van der Waals surface area contributed by atoms with Crippen LogP contribution >= 0.6 is 0 Å². The number of benzene rings is 1. The van der Waals surface area contributed by atoms with Gasteiger partial charge in [-0.3, -0.25) is 5.10 Å². The van der Waals surface area contributed by atoms with E-state index in [-0.39, 0.29) is 5.69 Å². The molecule has 2 aromatic rings. The van der Waals surface area contributed by atoms with Crippen molar-refractivity contribution < 1.29 is 19.0 Å². The third-order valence-electron chi connectivity index (χ3n) is 3.21. The molecule has 0 atom stereocenters. The Balaban J connectivity index is 2.66. The van der Waals surface area contributed by atoms with Gasteiger partial charge in [-0.25, -0.2) is 9.18 Å². The fourth-order valence-corrected chi connectivity index (χ4v) is 2.20. The smallest absolute Gasteiger partial charge is 0.353 e. The van der Waals surface area contributed by atoms with E-state index in [1.165, 1.54) is 19.2 Å². The maximum atomic E-state index is 14.0. The number of aromatic nitrogens is 2. The molecule has 20 heavy (non-hydrogen) atoms. The van der Waals surface area contributed by atoms with Gasteiger partial charge in [-0.2, -0.15) is 5.10 Å². The molecule has 0 spiro atoms. The number of hydrogen-bond donors (Lipinski definition) is 2. The van der Waals surface area contributed by atoms with Gasteiger partial charge in [0.25, 0.3) is 0 Å². The first-order valence-corrected chi connectivity index (χ1v) is 6.14. The highest BCUT2D eigenvalue weighted by Gasteiger charge is 2.19. The minimum absolute atomic E-state index is 0.0398. The summed E-state index contributed by atoms with van der Waals surface area (Å²) in [7, 11) is 1.48. The van der Waals surface area contributed by atoms with Gasteiger partial charge in [0.15, 0.2) is 0 Å². The third-order valence-corrected chi connectivity index (χ3v) is 3.21. The fraction of sp³-hybridized carbons (Fsp3) is 0.286. The SMILES string of the molecule is CCc1c(-c2cc(C(=O)O)[nH]n2)cc(F)c(C)c1OC. The third kappa shape index (κ3) is 2.24. The summed E-state index contributed by atoms with van der Waals surface area (Å²) in [6, 6.07) is 2.74. The molecule has 0 aliphatic heterocycles. The number of aromatic amines is 1. The molecule has 0 radical (unpaired) electrons. The lowest BCUT2D eigenvalue weighted by Gasteiger charge is -2.14. The van der Waals surface area contributed by atoms with Gasteiger partial charge >= 0.3 is 5.97 Å². The molecule has 0 amide bonds. The summed E-state index contributed by atoms with van der Waals surface area (Å²) < 4.78 is 19.2. The molecule has 0 aliphatic rings. The summed E-state index contributed by atoms with van der Waals surface area (Å²) in [4.78, 5) is 10.9. The number of aromatic carboxylic acids is 1. The average Bonchev–Trinajstić information content (AvgIpc) is 2.90. The summed E-state index contributed by atoms with van der Waals surface area (Å²) in [5, 5.41) is 15.2. The van der Waals surface area contributed by atoms with E-state index in [1.54, 1.807) is 6.92 Å². The molecule has 0 fully saturated rings. The molecule has 0 bridgehead atoms. The predicted octanol–water partition coefficient (Wildman–Crippen LogP) is 2.79. The summed E-state index contributed by atoms with van der Waals surface area (Å²) >= 11 is 0. The van der Waals surface area contributed by atoms with Crippen LogP contribution in [-0.2, 0) is 6.42 Å². The maximum absolute atomic E-state index is 14.0. The van der Waals surface area contributed by atoms with Crippen molar-refractivity contribution in [3.05, 3.63) is 34.8 Å². The average molecular weight is 278 g/mol. The van der Waals surface area contributed by atoms with Crippen molar-refractivity contribution in [1.29, 1.82) is 0 Å². The highest BCUT2D eigenvalue weighted by atomic mass is 19.1. The Kier molecular flexibility index (Phi) is 3.74. The summed E-state index contributed by atoms with van der Waals surface area (Å²) in [6.07, 6.45) is 0.620. The Labute approximate surface area is 115 Å². The quantitative estimate of drug-likeness (QED) is 0.901. The Morgan fingerprint density at radius 1 is 1.50 bits per heavy atom. The molecule has 1 aromatic heterocycles. The Morgan fingerprint density at radius 2 is 2.20 bits per heavy atom. The van der Waals surface area contributed by atoms with Crippen molar-refractivity contribution in [2.75, 3.05) is 7.11 Å². The zero-order valence-corrected chi connectivity index (χ0v) is 11.5. The Hall–Kier alpha value is -2.37. The summed E-state index contributed by atoms with van der Waals surface area (Å²) in [6.45, 7) is 3.56. The number of carbonyl (C=O) groups is 1. The van der Waals surface area contributed by atoms with E-state index < -0.39 is 11.8 Å². The first kappa shape index (κ1) is 14.0. The van der Waals surface area contributed by atoms with Crippen molar-refractivity contribution in [2.24, 2.45) is 0 Å². The van der Waals surface area contributed by atoms with Crippen LogP contribution in [0.1, 0.15) is 28.5 Å². The molecule has 0 unspecified atom stereocenters. The molecule has 5 nitrogen and oxygen atoms in total. The second kappa shape index (κ2) is 5.32. The number of nitrogens with zero attached hydrogens (tertiary/aromatic N) is 1. The van der Waals surface area contributed by atoms with Crippen LogP contribution in [0.25, 0.3) is 11.3 Å². The number of ether oxygens (including phenoxy) is 1. The molecule has 1 heterocycles. The van der Waals surface area contributed by atoms with E-state index in [1.807, 2.05) is 6.92 Å². The van der Waals surface area contributed by atoms with Crippen LogP contribution in [-0.4, -0.2) is 28.4 Å². The van der Waals surface area contributed by atoms with Gasteiger partial charge in [0.2, 0.25) is 0 Å². The molecule has 0 saturated carbocycles. The standard InChI is InChI=1S/C14H15FN2O3/c1-4-8-9(5-10(15)7(2)13(8)20-3)11-6-12(14(18)19)17-16-11/h5-6H,4H2,1-3H3,(H,16,17)(H,18,19). The monoisotopic (exact) mass is 278 g/mol. The van der Waals surface area contributed by atoms with Gasteiger partial charge in [0, 0.05) is 16.7 Å². The molecule has 1 aromatic carbocycles. The van der Waals surface area contributed by atoms with Gasteiger partial charge < -0.3 is 9.84 Å². The van der Waals surface area contributed by atoms with E-state index in [2.05, 4.69) is 10.2 Å². The molecule has 2 N–H and O–H groups in total. The number of carboxylic acid groups (broad SMARTS) is 1. The van der Waals surface area contributed by atoms with Crippen molar-refractivity contribution in [1.82, 2.24) is 10.2 Å². The molecule has 0 saturated heterocycles. The molecule has 2 rings (SSSR count). The van der Waals surface area contributed by atoms with E-state index in [0.717, 1.165) is 5.56 Å². The first-order chi connectivity index (χ1) is 9.49. The molecular formula is C14H15FN2O3. The number of rotatable bonds is 4. The predicted molar refractivity (Wildman–Crippen MR) is 71.6 cm³/mol. The lowest BCUT2D eigenvalue weighted by molar-refractivity contribution is 0.0690. The van der Waals surface area contributed by atoms with Crippen LogP contribution in [0, 0.1) is 12.7 Å². The van der Waals surface area contributed by atoms with E-state index >= 15 is 0 Å². The lowest BCUT2D eigenvalue weighted by atomic mass is 9.97. The van der Waals surface area contributed by atoms with Crippen LogP contribution in [0.2, 0.25) is 0 Å². The number of hydrogen-bond acceptors (Lipinski definition) is 3. The number of methoxy groups -OCH3 is 1. The van der Waals surface area contributed by atoms with Crippen LogP contribution in [0.4, 0.5) is 4.39 Å². The molecule has 6 heteroatoms. The molecule has 106 valence electrons. The van der Waals surface area contributed by atoms with Gasteiger partial charge in [-0.1, -0.05) is 6.92 Å². The zero-order chi connectivity index (χ0) is 14.9. The Morgan fingerprint density at radius 3 is 2.70 bits per heavy atom. The van der Waals surface area contributed by atoms with Gasteiger partial charge in [0.1, 0.15) is 17.3 Å². The van der Waals surface area contributed by atoms with E-state index in [0.29, 0.717) is 29.0 Å². The van der Waals surface area contributed by atoms with Gasteiger partial charge in [0.05, 0.1) is 12.8 Å². The van der Waals surface area contributed by atoms with Crippen LogP contribution < -0.4 is 4.74 Å². The minimum Gasteiger partial charge on any atom is -0.496 e. The number of nitrogens with one attached hydrogen (secondary N) is 1. The second-order valence-corrected chi connectivity index (χ2v) is 4.37. The first-order valence-electron chi connectivity index (χ1n) is 6.14. The molecule has 0 aliphatic carbocycles. The summed E-state index contributed by atoms with van der Waals surface area (Å²) in [5.74, 6) is -1.04. The van der Waals surface area contributed by atoms with Crippen LogP contribution in [0.3, 0.4) is 0 Å². The molecular weight excluding hydrogens is 263 g/mol. The van der Waals surface area contributed by atoms with Crippen molar-refractivity contribution in [3.63, 3.8) is 0 Å². The topological polar surface area (TPSA) is 75.2 Å². The minimum atomic E-state index is -1.11. The second-order valence-electron chi connectivity index (χ2n) is 4.37. The highest BCUT2D eigenvalue weighted by molar-refractivity contribution is 5.87. The zero-order valence-electron chi connectivity index (χ0n) is 11.5. The van der Waals surface area contributed by atoms with Crippen LogP contribution in [0.5, 0.6) is 5.75 Å². The number of carboxylic acids is 1. The van der Waals surface area contributed by atoms with Crippen LogP contribution in [0.15, 0.2) is 12.1 Å². The highest BCUT2D eigenvalue weighted by Crippen LogP contribution is 2.35. The van der Waals surface area contributed by atoms with Gasteiger partial charge in [-0.15, -0.1) is 0 Å². The van der Waals surface area contributed by atoms with Gasteiger partial charge in [-0.05, 0) is 25.5 Å². The Bertz CT molecular complexity index is 665. The number of H-pyrrole nitrogens is 1. The van der Waals surface area contributed by atoms with Crippen molar-refractivity contribution >= 4 is 5.97 Å². The maximum Gasteiger partial charge on any atom is 0.353 e. The van der Waals surface area contributed by atoms with E-state index in [4.69, 9.17) is 9.84 Å². The largest absolute Gasteiger partial charge is 0.496 e. The normalized spacial score (nSPS) is 10.6. The summed E-state index contributed by atoms with van der Waals surface area (Å²) in [5.41, 5.74) is 2.12.